The molecule has 0 amide bonds. The lowest BCUT2D eigenvalue weighted by Gasteiger charge is -2.12. The van der Waals surface area contributed by atoms with Gasteiger partial charge in [0.2, 0.25) is 5.88 Å². The Labute approximate surface area is 103 Å². The maximum absolute atomic E-state index is 5.77. The first-order valence-electron chi connectivity index (χ1n) is 6.55. The predicted octanol–water partition coefficient (Wildman–Crippen LogP) is 2.65. The number of ether oxygens (including phenoxy) is 1. The lowest BCUT2D eigenvalue weighted by Crippen LogP contribution is -2.08. The van der Waals surface area contributed by atoms with E-state index in [1.807, 2.05) is 0 Å². The van der Waals surface area contributed by atoms with Crippen LogP contribution in [0.5, 0.6) is 5.88 Å². The molecule has 0 aromatic carbocycles. The lowest BCUT2D eigenvalue weighted by atomic mass is 10.2. The van der Waals surface area contributed by atoms with Gasteiger partial charge in [0.25, 0.3) is 0 Å². The van der Waals surface area contributed by atoms with E-state index in [9.17, 15) is 0 Å². The zero-order chi connectivity index (χ0) is 12.1. The third-order valence-corrected chi connectivity index (χ3v) is 3.07. The van der Waals surface area contributed by atoms with Crippen LogP contribution >= 0.6 is 0 Å². The van der Waals surface area contributed by atoms with Crippen LogP contribution in [0, 0.1) is 5.92 Å². The molecule has 0 unspecified atom stereocenters. The normalized spacial score (nSPS) is 14.7. The second-order valence-electron chi connectivity index (χ2n) is 4.47. The van der Waals surface area contributed by atoms with Gasteiger partial charge in [0.1, 0.15) is 12.1 Å². The van der Waals surface area contributed by atoms with Crippen molar-refractivity contribution in [1.29, 1.82) is 0 Å². The van der Waals surface area contributed by atoms with Crippen molar-refractivity contribution in [2.24, 2.45) is 5.92 Å². The fraction of sp³-hybridized carbons (Fsp3) is 0.692. The largest absolute Gasteiger partial charge is 0.477 e. The monoisotopic (exact) mass is 235 g/mol. The number of aromatic nitrogens is 2. The maximum atomic E-state index is 5.77. The minimum Gasteiger partial charge on any atom is -0.477 e. The fourth-order valence-electron chi connectivity index (χ4n) is 1.89. The van der Waals surface area contributed by atoms with Gasteiger partial charge in [-0.3, -0.25) is 0 Å². The van der Waals surface area contributed by atoms with Gasteiger partial charge < -0.3 is 10.1 Å². The van der Waals surface area contributed by atoms with Gasteiger partial charge in [-0.1, -0.05) is 19.8 Å². The number of anilines is 1. The molecule has 1 fully saturated rings. The molecule has 1 aromatic heterocycles. The molecule has 1 heterocycles. The van der Waals surface area contributed by atoms with E-state index in [1.54, 1.807) is 6.33 Å². The summed E-state index contributed by atoms with van der Waals surface area (Å²) in [5.41, 5.74) is 1.09. The molecule has 0 saturated heterocycles. The minimum atomic E-state index is 0.749. The van der Waals surface area contributed by atoms with E-state index in [4.69, 9.17) is 4.74 Å². The SMILES string of the molecule is CCNc1ncnc(OCCC2CC2)c1CC. The summed E-state index contributed by atoms with van der Waals surface area (Å²) in [6.07, 6.45) is 6.36. The molecule has 2 rings (SSSR count). The number of nitrogens with zero attached hydrogens (tertiary/aromatic N) is 2. The van der Waals surface area contributed by atoms with E-state index in [1.165, 1.54) is 12.8 Å². The first kappa shape index (κ1) is 12.1. The van der Waals surface area contributed by atoms with E-state index < -0.39 is 0 Å². The van der Waals surface area contributed by atoms with Crippen molar-refractivity contribution in [2.45, 2.75) is 39.5 Å². The van der Waals surface area contributed by atoms with E-state index >= 15 is 0 Å². The van der Waals surface area contributed by atoms with Crippen molar-refractivity contribution >= 4 is 5.82 Å². The Hall–Kier alpha value is -1.32. The topological polar surface area (TPSA) is 47.0 Å². The molecule has 17 heavy (non-hydrogen) atoms. The van der Waals surface area contributed by atoms with Gasteiger partial charge >= 0.3 is 0 Å². The summed E-state index contributed by atoms with van der Waals surface area (Å²) in [5.74, 6) is 2.56. The average Bonchev–Trinajstić information content (AvgIpc) is 3.14. The number of rotatable bonds is 7. The van der Waals surface area contributed by atoms with Crippen LogP contribution in [0.4, 0.5) is 5.82 Å². The number of hydrogen-bond donors (Lipinski definition) is 1. The highest BCUT2D eigenvalue weighted by Gasteiger charge is 2.21. The van der Waals surface area contributed by atoms with Crippen LogP contribution < -0.4 is 10.1 Å². The molecule has 1 aromatic rings. The molecular weight excluding hydrogens is 214 g/mol. The summed E-state index contributed by atoms with van der Waals surface area (Å²) in [6.45, 7) is 5.81. The standard InChI is InChI=1S/C13H21N3O/c1-3-11-12(14-4-2)15-9-16-13(11)17-8-7-10-5-6-10/h9-10H,3-8H2,1-2H3,(H,14,15,16). The van der Waals surface area contributed by atoms with Gasteiger partial charge in [0, 0.05) is 6.54 Å². The quantitative estimate of drug-likeness (QED) is 0.789. The summed E-state index contributed by atoms with van der Waals surface area (Å²) in [4.78, 5) is 8.49. The molecule has 94 valence electrons. The van der Waals surface area contributed by atoms with Gasteiger partial charge in [-0.2, -0.15) is 0 Å². The highest BCUT2D eigenvalue weighted by molar-refractivity contribution is 5.48. The highest BCUT2D eigenvalue weighted by atomic mass is 16.5. The van der Waals surface area contributed by atoms with Crippen LogP contribution in [0.3, 0.4) is 0 Å². The van der Waals surface area contributed by atoms with Crippen LogP contribution in [-0.2, 0) is 6.42 Å². The van der Waals surface area contributed by atoms with E-state index in [-0.39, 0.29) is 0 Å². The van der Waals surface area contributed by atoms with Crippen LogP contribution in [0.25, 0.3) is 0 Å². The van der Waals surface area contributed by atoms with Crippen molar-refractivity contribution in [2.75, 3.05) is 18.5 Å². The van der Waals surface area contributed by atoms with Crippen molar-refractivity contribution in [3.63, 3.8) is 0 Å². The lowest BCUT2D eigenvalue weighted by molar-refractivity contribution is 0.288. The van der Waals surface area contributed by atoms with E-state index in [2.05, 4.69) is 29.1 Å². The zero-order valence-electron chi connectivity index (χ0n) is 10.7. The summed E-state index contributed by atoms with van der Waals surface area (Å²) < 4.78 is 5.77. The molecule has 0 spiro atoms. The Balaban J connectivity index is 1.99. The summed E-state index contributed by atoms with van der Waals surface area (Å²) in [6, 6.07) is 0. The van der Waals surface area contributed by atoms with Gasteiger partial charge in [0.15, 0.2) is 0 Å². The second kappa shape index (κ2) is 5.84. The van der Waals surface area contributed by atoms with Crippen molar-refractivity contribution < 1.29 is 4.74 Å². The molecule has 1 saturated carbocycles. The van der Waals surface area contributed by atoms with Crippen LogP contribution in [-0.4, -0.2) is 23.1 Å². The fourth-order valence-corrected chi connectivity index (χ4v) is 1.89. The van der Waals surface area contributed by atoms with Gasteiger partial charge in [-0.25, -0.2) is 9.97 Å². The molecule has 0 aliphatic heterocycles. The number of nitrogens with one attached hydrogen (secondary N) is 1. The Kier molecular flexibility index (Phi) is 4.18. The third-order valence-electron chi connectivity index (χ3n) is 3.07. The van der Waals surface area contributed by atoms with Gasteiger partial charge in [-0.05, 0) is 25.7 Å². The molecule has 4 nitrogen and oxygen atoms in total. The Morgan fingerprint density at radius 2 is 2.18 bits per heavy atom. The highest BCUT2D eigenvalue weighted by Crippen LogP contribution is 2.32. The summed E-state index contributed by atoms with van der Waals surface area (Å²) >= 11 is 0. The molecule has 0 atom stereocenters. The summed E-state index contributed by atoms with van der Waals surface area (Å²) in [7, 11) is 0. The zero-order valence-corrected chi connectivity index (χ0v) is 10.7. The Morgan fingerprint density at radius 3 is 2.82 bits per heavy atom. The Bertz CT molecular complexity index is 364. The van der Waals surface area contributed by atoms with E-state index in [0.29, 0.717) is 0 Å². The number of hydrogen-bond acceptors (Lipinski definition) is 4. The molecule has 1 aliphatic rings. The van der Waals surface area contributed by atoms with Crippen LogP contribution in [0.1, 0.15) is 38.7 Å². The van der Waals surface area contributed by atoms with Crippen molar-refractivity contribution in [1.82, 2.24) is 9.97 Å². The third kappa shape index (κ3) is 3.32. The minimum absolute atomic E-state index is 0.749. The molecular formula is C13H21N3O. The van der Waals surface area contributed by atoms with Crippen LogP contribution in [0.15, 0.2) is 6.33 Å². The molecule has 0 bridgehead atoms. The summed E-state index contributed by atoms with van der Waals surface area (Å²) in [5, 5.41) is 3.25. The predicted molar refractivity (Wildman–Crippen MR) is 68.4 cm³/mol. The van der Waals surface area contributed by atoms with Gasteiger partial charge in [0.05, 0.1) is 12.2 Å². The van der Waals surface area contributed by atoms with E-state index in [0.717, 1.165) is 49.2 Å². The second-order valence-corrected chi connectivity index (χ2v) is 4.47. The first-order chi connectivity index (χ1) is 8.35. The smallest absolute Gasteiger partial charge is 0.221 e. The van der Waals surface area contributed by atoms with Crippen molar-refractivity contribution in [3.05, 3.63) is 11.9 Å². The van der Waals surface area contributed by atoms with Crippen molar-refractivity contribution in [3.8, 4) is 5.88 Å². The molecule has 0 radical (unpaired) electrons. The molecule has 1 aliphatic carbocycles. The molecule has 4 heteroatoms. The van der Waals surface area contributed by atoms with Crippen LogP contribution in [0.2, 0.25) is 0 Å². The maximum Gasteiger partial charge on any atom is 0.221 e. The molecule has 1 N–H and O–H groups in total. The Morgan fingerprint density at radius 1 is 1.35 bits per heavy atom. The van der Waals surface area contributed by atoms with Gasteiger partial charge in [-0.15, -0.1) is 0 Å². The average molecular weight is 235 g/mol. The first-order valence-corrected chi connectivity index (χ1v) is 6.55.